The molecule has 1 aliphatic rings. The fraction of sp³-hybridized carbons (Fsp3) is 0.800. The highest BCUT2D eigenvalue weighted by molar-refractivity contribution is 4.87. The first kappa shape index (κ1) is 10.6. The summed E-state index contributed by atoms with van der Waals surface area (Å²) in [6.07, 6.45) is 0.810. The zero-order valence-corrected chi connectivity index (χ0v) is 9.36. The Bertz CT molecular complexity index is 312. The van der Waals surface area contributed by atoms with Crippen LogP contribution in [-0.4, -0.2) is 40.7 Å². The van der Waals surface area contributed by atoms with Gasteiger partial charge in [0.25, 0.3) is 0 Å². The Morgan fingerprint density at radius 3 is 3.13 bits per heavy atom. The van der Waals surface area contributed by atoms with Crippen molar-refractivity contribution in [2.45, 2.75) is 32.9 Å². The lowest BCUT2D eigenvalue weighted by Crippen LogP contribution is -2.48. The summed E-state index contributed by atoms with van der Waals surface area (Å²) in [7, 11) is 0. The molecule has 0 unspecified atom stereocenters. The second-order valence-electron chi connectivity index (χ2n) is 4.05. The van der Waals surface area contributed by atoms with Crippen LogP contribution in [0.1, 0.15) is 25.6 Å². The van der Waals surface area contributed by atoms with E-state index < -0.39 is 0 Å². The number of nitrogens with one attached hydrogen (secondary N) is 1. The van der Waals surface area contributed by atoms with Gasteiger partial charge < -0.3 is 9.84 Å². The van der Waals surface area contributed by atoms with E-state index in [1.807, 2.05) is 6.92 Å². The van der Waals surface area contributed by atoms with Gasteiger partial charge in [-0.25, -0.2) is 0 Å². The van der Waals surface area contributed by atoms with Crippen LogP contribution in [0.4, 0.5) is 0 Å². The number of nitrogens with zero attached hydrogens (tertiary/aromatic N) is 3. The minimum Gasteiger partial charge on any atom is -0.339 e. The van der Waals surface area contributed by atoms with Crippen molar-refractivity contribution in [2.75, 3.05) is 19.6 Å². The van der Waals surface area contributed by atoms with Crippen LogP contribution in [-0.2, 0) is 13.0 Å². The molecule has 1 aromatic rings. The molecule has 1 aromatic heterocycles. The molecule has 1 N–H and O–H groups in total. The molecule has 0 bridgehead atoms. The summed E-state index contributed by atoms with van der Waals surface area (Å²) < 4.78 is 5.08. The molecular formula is C10H18N4O. The molecule has 5 heteroatoms. The number of rotatable bonds is 3. The maximum Gasteiger partial charge on any atom is 0.226 e. The maximum atomic E-state index is 5.08. The lowest BCUT2D eigenvalue weighted by atomic mass is 10.2. The normalized spacial score (nSPS) is 23.2. The third-order valence-electron chi connectivity index (χ3n) is 2.63. The third kappa shape index (κ3) is 2.76. The van der Waals surface area contributed by atoms with Crippen LogP contribution >= 0.6 is 0 Å². The summed E-state index contributed by atoms with van der Waals surface area (Å²) in [5, 5.41) is 7.37. The molecule has 1 saturated heterocycles. The molecule has 5 nitrogen and oxygen atoms in total. The molecule has 1 aliphatic heterocycles. The van der Waals surface area contributed by atoms with E-state index >= 15 is 0 Å². The van der Waals surface area contributed by atoms with Crippen LogP contribution in [0.2, 0.25) is 0 Å². The van der Waals surface area contributed by atoms with Crippen molar-refractivity contribution >= 4 is 0 Å². The van der Waals surface area contributed by atoms with E-state index in [0.29, 0.717) is 6.04 Å². The molecule has 0 radical (unpaired) electrons. The van der Waals surface area contributed by atoms with Crippen LogP contribution in [0, 0.1) is 0 Å². The topological polar surface area (TPSA) is 54.2 Å². The van der Waals surface area contributed by atoms with Gasteiger partial charge in [-0.1, -0.05) is 12.1 Å². The molecule has 15 heavy (non-hydrogen) atoms. The molecule has 2 rings (SSSR count). The van der Waals surface area contributed by atoms with E-state index in [1.54, 1.807) is 0 Å². The van der Waals surface area contributed by atoms with Crippen molar-refractivity contribution in [1.29, 1.82) is 0 Å². The first-order valence-corrected chi connectivity index (χ1v) is 5.55. The summed E-state index contributed by atoms with van der Waals surface area (Å²) in [6.45, 7) is 8.16. The van der Waals surface area contributed by atoms with E-state index in [4.69, 9.17) is 4.52 Å². The van der Waals surface area contributed by atoms with Gasteiger partial charge in [0.1, 0.15) is 0 Å². The molecule has 0 spiro atoms. The molecular weight excluding hydrogens is 192 g/mol. The predicted octanol–water partition coefficient (Wildman–Crippen LogP) is 0.426. The Balaban J connectivity index is 1.90. The second kappa shape index (κ2) is 4.72. The van der Waals surface area contributed by atoms with Crippen molar-refractivity contribution in [3.63, 3.8) is 0 Å². The number of aryl methyl sites for hydroxylation is 1. The van der Waals surface area contributed by atoms with Gasteiger partial charge in [-0.2, -0.15) is 4.98 Å². The van der Waals surface area contributed by atoms with Gasteiger partial charge in [0.05, 0.1) is 6.54 Å². The minimum atomic E-state index is 0.552. The predicted molar refractivity (Wildman–Crippen MR) is 56.4 cm³/mol. The fourth-order valence-electron chi connectivity index (χ4n) is 1.85. The van der Waals surface area contributed by atoms with Gasteiger partial charge >= 0.3 is 0 Å². The molecule has 1 fully saturated rings. The molecule has 0 amide bonds. The highest BCUT2D eigenvalue weighted by Gasteiger charge is 2.17. The maximum absolute atomic E-state index is 5.08. The van der Waals surface area contributed by atoms with Gasteiger partial charge in [-0.3, -0.25) is 4.90 Å². The Labute approximate surface area is 89.8 Å². The van der Waals surface area contributed by atoms with Crippen LogP contribution in [0.5, 0.6) is 0 Å². The average Bonchev–Trinajstić information content (AvgIpc) is 2.65. The number of aromatic nitrogens is 2. The van der Waals surface area contributed by atoms with Gasteiger partial charge in [-0.15, -0.1) is 0 Å². The summed E-state index contributed by atoms with van der Waals surface area (Å²) in [5.41, 5.74) is 0. The Morgan fingerprint density at radius 2 is 2.47 bits per heavy atom. The molecule has 0 aliphatic carbocycles. The highest BCUT2D eigenvalue weighted by Crippen LogP contribution is 2.05. The van der Waals surface area contributed by atoms with Crippen LogP contribution in [0.25, 0.3) is 0 Å². The van der Waals surface area contributed by atoms with E-state index in [-0.39, 0.29) is 0 Å². The smallest absolute Gasteiger partial charge is 0.226 e. The van der Waals surface area contributed by atoms with Gasteiger partial charge in [0.2, 0.25) is 5.89 Å². The first-order valence-electron chi connectivity index (χ1n) is 5.55. The Morgan fingerprint density at radius 1 is 1.60 bits per heavy atom. The van der Waals surface area contributed by atoms with Crippen LogP contribution < -0.4 is 5.32 Å². The van der Waals surface area contributed by atoms with Gasteiger partial charge in [-0.05, 0) is 6.92 Å². The standard InChI is InChI=1S/C10H18N4O/c1-3-10-12-9(13-15-10)7-14-5-4-11-8(2)6-14/h8,11H,3-7H2,1-2H3/t8-/m0/s1. The van der Waals surface area contributed by atoms with Gasteiger partial charge in [0.15, 0.2) is 5.82 Å². The number of hydrogen-bond donors (Lipinski definition) is 1. The van der Waals surface area contributed by atoms with Crippen molar-refractivity contribution in [3.8, 4) is 0 Å². The third-order valence-corrected chi connectivity index (χ3v) is 2.63. The van der Waals surface area contributed by atoms with Crippen LogP contribution in [0.15, 0.2) is 4.52 Å². The lowest BCUT2D eigenvalue weighted by molar-refractivity contribution is 0.193. The Kier molecular flexibility index (Phi) is 3.33. The van der Waals surface area contributed by atoms with Crippen molar-refractivity contribution in [1.82, 2.24) is 20.4 Å². The zero-order chi connectivity index (χ0) is 10.7. The van der Waals surface area contributed by atoms with Gasteiger partial charge in [0, 0.05) is 32.1 Å². The van der Waals surface area contributed by atoms with Crippen LogP contribution in [0.3, 0.4) is 0 Å². The number of hydrogen-bond acceptors (Lipinski definition) is 5. The molecule has 0 aromatic carbocycles. The quantitative estimate of drug-likeness (QED) is 0.784. The minimum absolute atomic E-state index is 0.552. The monoisotopic (exact) mass is 210 g/mol. The largest absolute Gasteiger partial charge is 0.339 e. The molecule has 84 valence electrons. The first-order chi connectivity index (χ1) is 7.28. The van der Waals surface area contributed by atoms with E-state index in [1.165, 1.54) is 0 Å². The average molecular weight is 210 g/mol. The fourth-order valence-corrected chi connectivity index (χ4v) is 1.85. The summed E-state index contributed by atoms with van der Waals surface area (Å²) in [4.78, 5) is 6.66. The van der Waals surface area contributed by atoms with E-state index in [0.717, 1.165) is 44.3 Å². The summed E-state index contributed by atoms with van der Waals surface area (Å²) in [6, 6.07) is 0.552. The zero-order valence-electron chi connectivity index (χ0n) is 9.36. The molecule has 2 heterocycles. The molecule has 0 saturated carbocycles. The van der Waals surface area contributed by atoms with Crippen molar-refractivity contribution < 1.29 is 4.52 Å². The Hall–Kier alpha value is -0.940. The second-order valence-corrected chi connectivity index (χ2v) is 4.05. The summed E-state index contributed by atoms with van der Waals surface area (Å²) in [5.74, 6) is 1.54. The van der Waals surface area contributed by atoms with Crippen molar-refractivity contribution in [3.05, 3.63) is 11.7 Å². The van der Waals surface area contributed by atoms with E-state index in [9.17, 15) is 0 Å². The summed E-state index contributed by atoms with van der Waals surface area (Å²) >= 11 is 0. The van der Waals surface area contributed by atoms with Crippen molar-refractivity contribution in [2.24, 2.45) is 0 Å². The molecule has 1 atom stereocenters. The lowest BCUT2D eigenvalue weighted by Gasteiger charge is -2.30. The highest BCUT2D eigenvalue weighted by atomic mass is 16.5. The number of piperazine rings is 1. The van der Waals surface area contributed by atoms with E-state index in [2.05, 4.69) is 27.3 Å². The SMILES string of the molecule is CCc1nc(CN2CCN[C@@H](C)C2)no1.